The number of hydrogen-bond acceptors (Lipinski definition) is 3. The maximum absolute atomic E-state index is 12.6. The molecule has 6 nitrogen and oxygen atoms in total. The second kappa shape index (κ2) is 7.04. The van der Waals surface area contributed by atoms with E-state index in [1.165, 1.54) is 0 Å². The van der Waals surface area contributed by atoms with Gasteiger partial charge in [0, 0.05) is 30.0 Å². The molecule has 0 bridgehead atoms. The number of nitrogens with one attached hydrogen (secondary N) is 3. The first-order chi connectivity index (χ1) is 12.4. The topological polar surface area (TPSA) is 97.8 Å². The molecule has 1 aliphatic carbocycles. The number of rotatable bonds is 5. The molecule has 1 fully saturated rings. The summed E-state index contributed by atoms with van der Waals surface area (Å²) >= 11 is 0. The number of aromatic amines is 1. The number of H-pyrrole nitrogens is 1. The smallest absolute Gasteiger partial charge is 0.253 e. The lowest BCUT2D eigenvalue weighted by atomic mass is 9.85. The molecule has 1 aromatic heterocycles. The van der Waals surface area contributed by atoms with Crippen molar-refractivity contribution >= 4 is 11.8 Å². The van der Waals surface area contributed by atoms with Crippen molar-refractivity contribution in [3.05, 3.63) is 48.3 Å². The van der Waals surface area contributed by atoms with E-state index in [9.17, 15) is 9.59 Å². The monoisotopic (exact) mass is 350 g/mol. The van der Waals surface area contributed by atoms with Crippen LogP contribution in [0, 0.1) is 16.7 Å². The molecule has 0 spiro atoms. The van der Waals surface area contributed by atoms with Gasteiger partial charge in [0.15, 0.2) is 0 Å². The van der Waals surface area contributed by atoms with Gasteiger partial charge in [-0.25, -0.2) is 0 Å². The molecular formula is C20H22N4O2. The minimum absolute atomic E-state index is 0.000225. The standard InChI is InChI=1S/C20H22N4O2/c1-20(2,12-21)19(26)24-15-8-14(9-15)23-18(25)17-11-22-10-16(17)13-6-4-3-5-7-13/h3-7,10-11,14-15,22H,8-9H2,1-2H3,(H,23,25)(H,24,26). The number of carbonyl (C=O) groups is 2. The second-order valence-electron chi connectivity index (χ2n) is 7.20. The normalized spacial score (nSPS) is 19.1. The summed E-state index contributed by atoms with van der Waals surface area (Å²) < 4.78 is 0. The Labute approximate surface area is 152 Å². The predicted molar refractivity (Wildman–Crippen MR) is 98.0 cm³/mol. The number of hydrogen-bond donors (Lipinski definition) is 3. The molecule has 0 aliphatic heterocycles. The Morgan fingerprint density at radius 3 is 2.42 bits per heavy atom. The third-order valence-corrected chi connectivity index (χ3v) is 4.73. The van der Waals surface area contributed by atoms with Gasteiger partial charge in [0.1, 0.15) is 5.41 Å². The van der Waals surface area contributed by atoms with Gasteiger partial charge in [-0.15, -0.1) is 0 Å². The van der Waals surface area contributed by atoms with Crippen molar-refractivity contribution in [2.75, 3.05) is 0 Å². The highest BCUT2D eigenvalue weighted by Crippen LogP contribution is 2.26. The first-order valence-electron chi connectivity index (χ1n) is 8.66. The van der Waals surface area contributed by atoms with Crippen molar-refractivity contribution in [2.45, 2.75) is 38.8 Å². The highest BCUT2D eigenvalue weighted by atomic mass is 16.2. The van der Waals surface area contributed by atoms with E-state index < -0.39 is 5.41 Å². The van der Waals surface area contributed by atoms with Crippen molar-refractivity contribution in [3.63, 3.8) is 0 Å². The van der Waals surface area contributed by atoms with E-state index in [1.807, 2.05) is 42.6 Å². The van der Waals surface area contributed by atoms with E-state index in [0.717, 1.165) is 11.1 Å². The molecule has 0 unspecified atom stereocenters. The average Bonchev–Trinajstić information content (AvgIpc) is 3.10. The molecule has 3 N–H and O–H groups in total. The van der Waals surface area contributed by atoms with Crippen LogP contribution in [0.25, 0.3) is 11.1 Å². The number of benzene rings is 1. The van der Waals surface area contributed by atoms with Gasteiger partial charge in [-0.05, 0) is 32.3 Å². The number of amides is 2. The Morgan fingerprint density at radius 1 is 1.12 bits per heavy atom. The van der Waals surface area contributed by atoms with Gasteiger partial charge in [-0.1, -0.05) is 30.3 Å². The molecule has 6 heteroatoms. The van der Waals surface area contributed by atoms with Crippen LogP contribution in [0.15, 0.2) is 42.7 Å². The molecule has 3 rings (SSSR count). The quantitative estimate of drug-likeness (QED) is 0.773. The van der Waals surface area contributed by atoms with E-state index in [1.54, 1.807) is 20.0 Å². The predicted octanol–water partition coefficient (Wildman–Crippen LogP) is 2.61. The maximum atomic E-state index is 12.6. The Kier molecular flexibility index (Phi) is 4.81. The van der Waals surface area contributed by atoms with Crippen LogP contribution < -0.4 is 10.6 Å². The summed E-state index contributed by atoms with van der Waals surface area (Å²) in [7, 11) is 0. The lowest BCUT2D eigenvalue weighted by Crippen LogP contribution is -2.55. The zero-order valence-corrected chi connectivity index (χ0v) is 14.9. The van der Waals surface area contributed by atoms with Gasteiger partial charge < -0.3 is 15.6 Å². The summed E-state index contributed by atoms with van der Waals surface area (Å²) in [6.07, 6.45) is 4.86. The highest BCUT2D eigenvalue weighted by molar-refractivity contribution is 6.01. The van der Waals surface area contributed by atoms with Gasteiger partial charge >= 0.3 is 0 Å². The second-order valence-corrected chi connectivity index (χ2v) is 7.20. The lowest BCUT2D eigenvalue weighted by molar-refractivity contribution is -0.128. The molecule has 0 radical (unpaired) electrons. The van der Waals surface area contributed by atoms with Gasteiger partial charge in [-0.3, -0.25) is 9.59 Å². The number of nitriles is 1. The molecule has 1 saturated carbocycles. The summed E-state index contributed by atoms with van der Waals surface area (Å²) in [5.41, 5.74) is 1.41. The Hall–Kier alpha value is -3.07. The van der Waals surface area contributed by atoms with Gasteiger partial charge in [0.2, 0.25) is 5.91 Å². The van der Waals surface area contributed by atoms with E-state index in [0.29, 0.717) is 18.4 Å². The summed E-state index contributed by atoms with van der Waals surface area (Å²) in [4.78, 5) is 27.6. The zero-order chi connectivity index (χ0) is 18.7. The average molecular weight is 350 g/mol. The van der Waals surface area contributed by atoms with Gasteiger partial charge in [-0.2, -0.15) is 5.26 Å². The largest absolute Gasteiger partial charge is 0.366 e. The minimum atomic E-state index is -1.04. The van der Waals surface area contributed by atoms with Crippen molar-refractivity contribution < 1.29 is 9.59 Å². The zero-order valence-electron chi connectivity index (χ0n) is 14.9. The third kappa shape index (κ3) is 3.62. The van der Waals surface area contributed by atoms with Gasteiger partial charge in [0.25, 0.3) is 5.91 Å². The molecule has 0 saturated heterocycles. The van der Waals surface area contributed by atoms with Crippen LogP contribution >= 0.6 is 0 Å². The highest BCUT2D eigenvalue weighted by Gasteiger charge is 2.36. The van der Waals surface area contributed by atoms with Crippen molar-refractivity contribution in [2.24, 2.45) is 5.41 Å². The van der Waals surface area contributed by atoms with E-state index in [2.05, 4.69) is 15.6 Å². The van der Waals surface area contributed by atoms with Crippen LogP contribution in [-0.2, 0) is 4.79 Å². The van der Waals surface area contributed by atoms with Crippen molar-refractivity contribution in [1.29, 1.82) is 5.26 Å². The molecule has 0 atom stereocenters. The fourth-order valence-electron chi connectivity index (χ4n) is 2.94. The molecule has 26 heavy (non-hydrogen) atoms. The molecule has 1 aliphatic rings. The first kappa shape index (κ1) is 17.7. The van der Waals surface area contributed by atoms with Crippen molar-refractivity contribution in [3.8, 4) is 17.2 Å². The van der Waals surface area contributed by atoms with Crippen LogP contribution in [0.4, 0.5) is 0 Å². The summed E-state index contributed by atoms with van der Waals surface area (Å²) in [5, 5.41) is 14.9. The van der Waals surface area contributed by atoms with Crippen molar-refractivity contribution in [1.82, 2.24) is 15.6 Å². The Balaban J connectivity index is 1.55. The minimum Gasteiger partial charge on any atom is -0.366 e. The van der Waals surface area contributed by atoms with E-state index in [4.69, 9.17) is 5.26 Å². The number of nitrogens with zero attached hydrogens (tertiary/aromatic N) is 1. The Morgan fingerprint density at radius 2 is 1.77 bits per heavy atom. The number of aromatic nitrogens is 1. The lowest BCUT2D eigenvalue weighted by Gasteiger charge is -2.37. The Bertz CT molecular complexity index is 842. The molecule has 134 valence electrons. The van der Waals surface area contributed by atoms with Crippen LogP contribution in [0.3, 0.4) is 0 Å². The third-order valence-electron chi connectivity index (χ3n) is 4.73. The SMILES string of the molecule is CC(C)(C#N)C(=O)NC1CC(NC(=O)c2c[nH]cc2-c2ccccc2)C1. The molecule has 2 amide bonds. The van der Waals surface area contributed by atoms with Crippen LogP contribution in [-0.4, -0.2) is 28.9 Å². The molecular weight excluding hydrogens is 328 g/mol. The summed E-state index contributed by atoms with van der Waals surface area (Å²) in [6, 6.07) is 11.8. The van der Waals surface area contributed by atoms with E-state index in [-0.39, 0.29) is 23.9 Å². The molecule has 1 heterocycles. The first-order valence-corrected chi connectivity index (χ1v) is 8.66. The maximum Gasteiger partial charge on any atom is 0.253 e. The summed E-state index contributed by atoms with van der Waals surface area (Å²) in [6.45, 7) is 3.19. The number of carbonyl (C=O) groups excluding carboxylic acids is 2. The van der Waals surface area contributed by atoms with Crippen LogP contribution in [0.2, 0.25) is 0 Å². The van der Waals surface area contributed by atoms with E-state index >= 15 is 0 Å². The summed E-state index contributed by atoms with van der Waals surface area (Å²) in [5.74, 6) is -0.399. The van der Waals surface area contributed by atoms with Crippen LogP contribution in [0.5, 0.6) is 0 Å². The fraction of sp³-hybridized carbons (Fsp3) is 0.350. The van der Waals surface area contributed by atoms with Crippen LogP contribution in [0.1, 0.15) is 37.0 Å². The fourth-order valence-corrected chi connectivity index (χ4v) is 2.94. The molecule has 1 aromatic carbocycles. The molecule has 2 aromatic rings. The van der Waals surface area contributed by atoms with Gasteiger partial charge in [0.05, 0.1) is 11.6 Å².